The number of Topliss-reactive ketones (excluding diaryl/α,β-unsaturated/α-hetero) is 1. The van der Waals surface area contributed by atoms with E-state index in [1.807, 2.05) is 6.92 Å². The number of likely N-dealkylation sites (tertiary alicyclic amines) is 1. The number of ether oxygens (including phenoxy) is 1. The molecule has 3 N–H and O–H groups in total. The molecule has 10 nitrogen and oxygen atoms in total. The Morgan fingerprint density at radius 3 is 2.55 bits per heavy atom. The van der Waals surface area contributed by atoms with Crippen LogP contribution < -0.4 is 16.0 Å². The molecule has 0 unspecified atom stereocenters. The van der Waals surface area contributed by atoms with Crippen molar-refractivity contribution in [3.05, 3.63) is 30.1 Å². The van der Waals surface area contributed by atoms with Crippen molar-refractivity contribution in [3.8, 4) is 0 Å². The Kier molecular flexibility index (Phi) is 7.46. The zero-order valence-corrected chi connectivity index (χ0v) is 20.3. The summed E-state index contributed by atoms with van der Waals surface area (Å²) in [7, 11) is 0. The molecule has 1 saturated carbocycles. The normalized spacial score (nSPS) is 26.8. The SMILES string of the molecule is C[C@@]12C[C@@H](C(=O)N[C@@H](C[C@@H]3CCNC3=O)C(=O)COC(F)(F)F)N(C(=O)C(=O)Nc3ccccc3F)[C@@H]1C2. The fraction of sp³-hybridized carbons (Fsp3) is 0.542. The van der Waals surface area contributed by atoms with Crippen LogP contribution in [0.4, 0.5) is 23.2 Å². The van der Waals surface area contributed by atoms with Gasteiger partial charge in [0.15, 0.2) is 5.78 Å². The molecule has 0 bridgehead atoms. The van der Waals surface area contributed by atoms with Gasteiger partial charge in [0.2, 0.25) is 11.8 Å². The second-order valence-corrected chi connectivity index (χ2v) is 10.0. The minimum absolute atomic E-state index is 0.145. The number of fused-ring (bicyclic) bond motifs is 1. The summed E-state index contributed by atoms with van der Waals surface area (Å²) in [5.74, 6) is -6.08. The third kappa shape index (κ3) is 5.95. The van der Waals surface area contributed by atoms with E-state index in [2.05, 4.69) is 20.7 Å². The van der Waals surface area contributed by atoms with Gasteiger partial charge in [0.1, 0.15) is 18.5 Å². The van der Waals surface area contributed by atoms with Gasteiger partial charge in [-0.15, -0.1) is 13.2 Å². The van der Waals surface area contributed by atoms with Crippen LogP contribution in [0, 0.1) is 17.2 Å². The molecule has 206 valence electrons. The number of nitrogens with one attached hydrogen (secondary N) is 3. The van der Waals surface area contributed by atoms with Crippen LogP contribution in [0.1, 0.15) is 32.6 Å². The molecule has 1 aromatic carbocycles. The number of para-hydroxylation sites is 1. The summed E-state index contributed by atoms with van der Waals surface area (Å²) >= 11 is 0. The maximum atomic E-state index is 13.9. The minimum atomic E-state index is -5.08. The molecule has 1 aromatic rings. The van der Waals surface area contributed by atoms with E-state index in [0.717, 1.165) is 11.0 Å². The van der Waals surface area contributed by atoms with Gasteiger partial charge in [0, 0.05) is 18.5 Å². The smallest absolute Gasteiger partial charge is 0.356 e. The van der Waals surface area contributed by atoms with E-state index < -0.39 is 77.7 Å². The number of rotatable bonds is 8. The summed E-state index contributed by atoms with van der Waals surface area (Å²) in [5, 5.41) is 7.12. The largest absolute Gasteiger partial charge is 0.522 e. The van der Waals surface area contributed by atoms with Crippen molar-refractivity contribution >= 4 is 35.1 Å². The van der Waals surface area contributed by atoms with Crippen LogP contribution in [0.5, 0.6) is 0 Å². The second kappa shape index (κ2) is 10.3. The van der Waals surface area contributed by atoms with Crippen LogP contribution >= 0.6 is 0 Å². The number of hydrogen-bond donors (Lipinski definition) is 3. The summed E-state index contributed by atoms with van der Waals surface area (Å²) in [5.41, 5.74) is -0.699. The van der Waals surface area contributed by atoms with E-state index >= 15 is 0 Å². The van der Waals surface area contributed by atoms with Crippen LogP contribution in [0.15, 0.2) is 24.3 Å². The van der Waals surface area contributed by atoms with Gasteiger partial charge in [0.05, 0.1) is 11.7 Å². The summed E-state index contributed by atoms with van der Waals surface area (Å²) in [6.45, 7) is 0.754. The zero-order chi connectivity index (χ0) is 27.8. The minimum Gasteiger partial charge on any atom is -0.356 e. The predicted molar refractivity (Wildman–Crippen MR) is 121 cm³/mol. The molecule has 38 heavy (non-hydrogen) atoms. The third-order valence-corrected chi connectivity index (χ3v) is 7.25. The summed E-state index contributed by atoms with van der Waals surface area (Å²) < 4.78 is 55.1. The van der Waals surface area contributed by atoms with Crippen molar-refractivity contribution in [2.45, 2.75) is 57.1 Å². The van der Waals surface area contributed by atoms with Gasteiger partial charge >= 0.3 is 18.2 Å². The van der Waals surface area contributed by atoms with Gasteiger partial charge in [-0.1, -0.05) is 19.1 Å². The monoisotopic (exact) mass is 542 g/mol. The van der Waals surface area contributed by atoms with Gasteiger partial charge in [0.25, 0.3) is 0 Å². The Bertz CT molecular complexity index is 1160. The van der Waals surface area contributed by atoms with E-state index in [9.17, 15) is 41.5 Å². The maximum absolute atomic E-state index is 13.9. The highest BCUT2D eigenvalue weighted by atomic mass is 19.4. The van der Waals surface area contributed by atoms with Crippen molar-refractivity contribution < 1.29 is 46.3 Å². The molecule has 0 spiro atoms. The molecule has 2 aliphatic heterocycles. The first kappa shape index (κ1) is 27.5. The number of amides is 4. The lowest BCUT2D eigenvalue weighted by Gasteiger charge is -2.28. The number of halogens is 4. The van der Waals surface area contributed by atoms with Crippen molar-refractivity contribution in [1.82, 2.24) is 15.5 Å². The van der Waals surface area contributed by atoms with Crippen molar-refractivity contribution in [1.29, 1.82) is 0 Å². The number of nitrogens with zero attached hydrogens (tertiary/aromatic N) is 1. The highest BCUT2D eigenvalue weighted by Gasteiger charge is 2.65. The van der Waals surface area contributed by atoms with Gasteiger partial charge in [-0.2, -0.15) is 0 Å². The molecule has 4 amide bonds. The lowest BCUT2D eigenvalue weighted by Crippen LogP contribution is -2.55. The summed E-state index contributed by atoms with van der Waals surface area (Å²) in [4.78, 5) is 64.6. The number of carbonyl (C=O) groups is 5. The molecule has 14 heteroatoms. The molecular formula is C24H26F4N4O6. The molecule has 2 heterocycles. The average molecular weight is 542 g/mol. The van der Waals surface area contributed by atoms with E-state index in [1.165, 1.54) is 18.2 Å². The molecule has 1 aliphatic carbocycles. The predicted octanol–water partition coefficient (Wildman–Crippen LogP) is 1.26. The zero-order valence-electron chi connectivity index (χ0n) is 20.3. The van der Waals surface area contributed by atoms with E-state index in [-0.39, 0.29) is 18.5 Å². The number of carbonyl (C=O) groups excluding carboxylic acids is 5. The molecule has 3 aliphatic rings. The first-order chi connectivity index (χ1) is 17.8. The molecule has 4 rings (SSSR count). The van der Waals surface area contributed by atoms with Gasteiger partial charge in [-0.3, -0.25) is 28.7 Å². The van der Waals surface area contributed by atoms with E-state index in [1.54, 1.807) is 0 Å². The molecule has 0 radical (unpaired) electrons. The summed E-state index contributed by atoms with van der Waals surface area (Å²) in [6, 6.07) is 2.05. The molecule has 5 atom stereocenters. The standard InChI is InChI=1S/C24H26F4N4O6/c1-23-9-16(32(18(23)10-23)22(37)21(36)30-14-5-3-2-4-13(14)25)20(35)31-15(8-12-6-7-29-19(12)34)17(33)11-38-24(26,27)28/h2-5,12,15-16,18H,6-11H2,1H3,(H,29,34)(H,30,36)(H,31,35)/t12-,15-,16-,18+,23-/m0/s1. The average Bonchev–Trinajstić information content (AvgIpc) is 3.17. The van der Waals surface area contributed by atoms with Gasteiger partial charge in [-0.25, -0.2) is 4.39 Å². The van der Waals surface area contributed by atoms with Crippen molar-refractivity contribution in [2.75, 3.05) is 18.5 Å². The molecular weight excluding hydrogens is 516 g/mol. The first-order valence-electron chi connectivity index (χ1n) is 12.0. The fourth-order valence-corrected chi connectivity index (χ4v) is 5.10. The number of benzene rings is 1. The Balaban J connectivity index is 1.48. The number of piperidine rings is 1. The quantitative estimate of drug-likeness (QED) is 0.335. The van der Waals surface area contributed by atoms with Crippen LogP contribution in [-0.4, -0.2) is 72.0 Å². The van der Waals surface area contributed by atoms with E-state index in [4.69, 9.17) is 0 Å². The molecule has 3 fully saturated rings. The van der Waals surface area contributed by atoms with Crippen LogP contribution in [0.25, 0.3) is 0 Å². The lowest BCUT2D eigenvalue weighted by molar-refractivity contribution is -0.321. The van der Waals surface area contributed by atoms with Crippen LogP contribution in [-0.2, 0) is 28.7 Å². The number of ketones is 1. The number of hydrogen-bond acceptors (Lipinski definition) is 6. The van der Waals surface area contributed by atoms with Crippen molar-refractivity contribution in [3.63, 3.8) is 0 Å². The van der Waals surface area contributed by atoms with E-state index in [0.29, 0.717) is 19.4 Å². The Morgan fingerprint density at radius 1 is 1.21 bits per heavy atom. The first-order valence-corrected chi connectivity index (χ1v) is 12.0. The van der Waals surface area contributed by atoms with Crippen LogP contribution in [0.3, 0.4) is 0 Å². The van der Waals surface area contributed by atoms with Gasteiger partial charge in [-0.05, 0) is 43.2 Å². The summed E-state index contributed by atoms with van der Waals surface area (Å²) in [6.07, 6.45) is -4.35. The van der Waals surface area contributed by atoms with Crippen LogP contribution in [0.2, 0.25) is 0 Å². The number of anilines is 1. The lowest BCUT2D eigenvalue weighted by atomic mass is 9.95. The highest BCUT2D eigenvalue weighted by molar-refractivity contribution is 6.40. The molecule has 2 saturated heterocycles. The van der Waals surface area contributed by atoms with Gasteiger partial charge < -0.3 is 20.9 Å². The maximum Gasteiger partial charge on any atom is 0.522 e. The highest BCUT2D eigenvalue weighted by Crippen LogP contribution is 2.59. The third-order valence-electron chi connectivity index (χ3n) is 7.25. The Morgan fingerprint density at radius 2 is 1.92 bits per heavy atom. The Labute approximate surface area is 214 Å². The Hall–Kier alpha value is -3.55. The molecule has 0 aromatic heterocycles. The number of alkyl halides is 3. The fourth-order valence-electron chi connectivity index (χ4n) is 5.10. The topological polar surface area (TPSA) is 134 Å². The second-order valence-electron chi connectivity index (χ2n) is 10.0. The van der Waals surface area contributed by atoms with Crippen molar-refractivity contribution in [2.24, 2.45) is 11.3 Å².